The Kier molecular flexibility index (Phi) is 31.9. The Morgan fingerprint density at radius 2 is 1.50 bits per heavy atom. The summed E-state index contributed by atoms with van der Waals surface area (Å²) in [6.07, 6.45) is 0. The van der Waals surface area contributed by atoms with E-state index in [0.29, 0.717) is 0 Å². The van der Waals surface area contributed by atoms with Crippen LogP contribution in [0.25, 0.3) is 0 Å². The van der Waals surface area contributed by atoms with E-state index in [9.17, 15) is 0 Å². The van der Waals surface area contributed by atoms with E-state index >= 15 is 0 Å². The van der Waals surface area contributed by atoms with Crippen molar-refractivity contribution in [1.82, 2.24) is 5.32 Å². The second kappa shape index (κ2) is 20.5. The predicted octanol–water partition coefficient (Wildman–Crippen LogP) is -0.199. The molecule has 0 bridgehead atoms. The first kappa shape index (κ1) is 9.33. The monoisotopic (exact) mass is 90.1 g/mol. The number of nitrogens with one attached hydrogen (secondary N) is 1. The van der Waals surface area contributed by atoms with Crippen molar-refractivity contribution in [2.45, 2.75) is 6.92 Å². The largest absolute Gasteiger partial charge is 0.331 e. The van der Waals surface area contributed by atoms with Crippen molar-refractivity contribution in [3.05, 3.63) is 0 Å². The van der Waals surface area contributed by atoms with Gasteiger partial charge in [0.2, 0.25) is 0 Å². The summed E-state index contributed by atoms with van der Waals surface area (Å²) < 4.78 is 0. The average Bonchev–Trinajstić information content (AvgIpc) is 1.39. The fraction of sp³-hybridized carbons (Fsp3) is 1.00. The lowest BCUT2D eigenvalue weighted by Crippen LogP contribution is -1.89. The summed E-state index contributed by atoms with van der Waals surface area (Å²) >= 11 is 0. The minimum atomic E-state index is 0.750. The van der Waals surface area contributed by atoms with Gasteiger partial charge in [-0.05, 0) is 20.6 Å². The molecule has 0 aromatic carbocycles. The molecular formula is C4H14N2. The molecule has 0 spiro atoms. The van der Waals surface area contributed by atoms with Crippen LogP contribution >= 0.6 is 0 Å². The Hall–Kier alpha value is -0.0800. The zero-order chi connectivity index (χ0) is 5.41. The van der Waals surface area contributed by atoms with Crippen molar-refractivity contribution in [1.29, 1.82) is 0 Å². The van der Waals surface area contributed by atoms with Gasteiger partial charge in [-0.25, -0.2) is 0 Å². The molecule has 0 aromatic heterocycles. The van der Waals surface area contributed by atoms with Crippen LogP contribution in [0.3, 0.4) is 0 Å². The number of rotatable bonds is 0. The molecule has 0 aromatic rings. The van der Waals surface area contributed by atoms with Gasteiger partial charge in [0.25, 0.3) is 0 Å². The quantitative estimate of drug-likeness (QED) is 0.432. The van der Waals surface area contributed by atoms with Crippen molar-refractivity contribution < 1.29 is 0 Å². The molecule has 0 fully saturated rings. The van der Waals surface area contributed by atoms with Gasteiger partial charge in [0, 0.05) is 0 Å². The lowest BCUT2D eigenvalue weighted by atomic mass is 10.8. The highest BCUT2D eigenvalue weighted by Gasteiger charge is 1.32. The Bertz CT molecular complexity index is 7.51. The lowest BCUT2D eigenvalue weighted by molar-refractivity contribution is 1.02. The molecule has 3 N–H and O–H groups in total. The van der Waals surface area contributed by atoms with Crippen molar-refractivity contribution in [3.63, 3.8) is 0 Å². The molecule has 2 heteroatoms. The van der Waals surface area contributed by atoms with E-state index in [1.165, 1.54) is 0 Å². The molecule has 0 rings (SSSR count). The smallest absolute Gasteiger partial charge is 0.0106 e. The van der Waals surface area contributed by atoms with Crippen LogP contribution in [0.15, 0.2) is 0 Å². The van der Waals surface area contributed by atoms with Gasteiger partial charge in [0.05, 0.1) is 0 Å². The van der Waals surface area contributed by atoms with Gasteiger partial charge in [-0.1, -0.05) is 6.92 Å². The third-order valence-electron chi connectivity index (χ3n) is 0. The third kappa shape index (κ3) is 5220. The molecule has 0 aliphatic heterocycles. The molecule has 0 amide bonds. The summed E-state index contributed by atoms with van der Waals surface area (Å²) in [5, 5.41) is 2.75. The van der Waals surface area contributed by atoms with Crippen LogP contribution in [0, 0.1) is 0 Å². The zero-order valence-electron chi connectivity index (χ0n) is 4.78. The molecule has 0 atom stereocenters. The summed E-state index contributed by atoms with van der Waals surface area (Å²) in [4.78, 5) is 0. The molecule has 0 aliphatic rings. The number of nitrogens with two attached hydrogens (primary N) is 1. The first-order valence-corrected chi connectivity index (χ1v) is 2.12. The highest BCUT2D eigenvalue weighted by atomic mass is 14.7. The Morgan fingerprint density at radius 1 is 1.50 bits per heavy atom. The maximum atomic E-state index is 4.85. The Morgan fingerprint density at radius 3 is 1.50 bits per heavy atom. The van der Waals surface area contributed by atoms with E-state index in [0.717, 1.165) is 6.54 Å². The Balaban J connectivity index is 0. The lowest BCUT2D eigenvalue weighted by Gasteiger charge is -1.59. The van der Waals surface area contributed by atoms with Crippen LogP contribution < -0.4 is 11.1 Å². The summed E-state index contributed by atoms with van der Waals surface area (Å²) in [7, 11) is 3.75. The predicted molar refractivity (Wildman–Crippen MR) is 29.7 cm³/mol. The van der Waals surface area contributed by atoms with Crippen molar-refractivity contribution in [2.75, 3.05) is 20.6 Å². The first-order chi connectivity index (χ1) is 2.83. The standard InChI is InChI=1S/2C2H7N/c1-3-2;1-2-3/h3H,1-2H3;2-3H2,1H3. The van der Waals surface area contributed by atoms with E-state index in [-0.39, 0.29) is 0 Å². The van der Waals surface area contributed by atoms with E-state index < -0.39 is 0 Å². The van der Waals surface area contributed by atoms with Gasteiger partial charge in [0.15, 0.2) is 0 Å². The maximum Gasteiger partial charge on any atom is -0.0106 e. The average molecular weight is 90.2 g/mol. The molecular weight excluding hydrogens is 76.1 g/mol. The summed E-state index contributed by atoms with van der Waals surface area (Å²) in [6, 6.07) is 0. The van der Waals surface area contributed by atoms with E-state index in [4.69, 9.17) is 5.73 Å². The van der Waals surface area contributed by atoms with Gasteiger partial charge in [-0.2, -0.15) is 0 Å². The fourth-order valence-corrected chi connectivity index (χ4v) is 0. The van der Waals surface area contributed by atoms with Crippen LogP contribution in [0.4, 0.5) is 0 Å². The van der Waals surface area contributed by atoms with Crippen molar-refractivity contribution in [3.8, 4) is 0 Å². The van der Waals surface area contributed by atoms with E-state index in [1.807, 2.05) is 21.0 Å². The van der Waals surface area contributed by atoms with Gasteiger partial charge >= 0.3 is 0 Å². The van der Waals surface area contributed by atoms with Crippen LogP contribution in [0.1, 0.15) is 6.92 Å². The maximum absolute atomic E-state index is 4.85. The molecule has 0 unspecified atom stereocenters. The molecule has 2 nitrogen and oxygen atoms in total. The molecule has 0 saturated heterocycles. The van der Waals surface area contributed by atoms with Crippen LogP contribution in [-0.2, 0) is 0 Å². The van der Waals surface area contributed by atoms with Gasteiger partial charge in [0.1, 0.15) is 0 Å². The SMILES string of the molecule is CCN.CNC. The molecule has 0 heterocycles. The molecule has 0 radical (unpaired) electrons. The van der Waals surface area contributed by atoms with E-state index in [1.54, 1.807) is 0 Å². The summed E-state index contributed by atoms with van der Waals surface area (Å²) in [5.41, 5.74) is 4.85. The Labute approximate surface area is 39.7 Å². The highest BCUT2D eigenvalue weighted by Crippen LogP contribution is 1.20. The van der Waals surface area contributed by atoms with Crippen molar-refractivity contribution >= 4 is 0 Å². The number of hydrogen-bond donors (Lipinski definition) is 2. The normalized spacial score (nSPS) is 6.00. The molecule has 0 aliphatic carbocycles. The molecule has 40 valence electrons. The highest BCUT2D eigenvalue weighted by molar-refractivity contribution is 4.00. The minimum absolute atomic E-state index is 0.750. The van der Waals surface area contributed by atoms with Crippen LogP contribution in [-0.4, -0.2) is 20.6 Å². The fourth-order valence-electron chi connectivity index (χ4n) is 0. The van der Waals surface area contributed by atoms with Gasteiger partial charge in [-0.3, -0.25) is 0 Å². The van der Waals surface area contributed by atoms with Gasteiger partial charge in [-0.15, -0.1) is 0 Å². The van der Waals surface area contributed by atoms with Crippen LogP contribution in [0.2, 0.25) is 0 Å². The second-order valence-corrected chi connectivity index (χ2v) is 0.908. The van der Waals surface area contributed by atoms with E-state index in [2.05, 4.69) is 5.32 Å². The minimum Gasteiger partial charge on any atom is -0.331 e. The second-order valence-electron chi connectivity index (χ2n) is 0.908. The molecule has 6 heavy (non-hydrogen) atoms. The molecule has 0 saturated carbocycles. The summed E-state index contributed by atoms with van der Waals surface area (Å²) in [6.45, 7) is 2.65. The van der Waals surface area contributed by atoms with Crippen LogP contribution in [0.5, 0.6) is 0 Å². The summed E-state index contributed by atoms with van der Waals surface area (Å²) in [5.74, 6) is 0. The first-order valence-electron chi connectivity index (χ1n) is 2.12. The topological polar surface area (TPSA) is 38.0 Å². The third-order valence-corrected chi connectivity index (χ3v) is 0. The zero-order valence-corrected chi connectivity index (χ0v) is 4.78. The van der Waals surface area contributed by atoms with Gasteiger partial charge < -0.3 is 11.1 Å². The number of hydrogen-bond acceptors (Lipinski definition) is 2. The van der Waals surface area contributed by atoms with Crippen molar-refractivity contribution in [2.24, 2.45) is 5.73 Å².